The van der Waals surface area contributed by atoms with Gasteiger partial charge in [0.1, 0.15) is 19.3 Å². The fourth-order valence-electron chi connectivity index (χ4n) is 7.33. The van der Waals surface area contributed by atoms with Crippen molar-refractivity contribution in [2.24, 2.45) is 32.9 Å². The molecular formula is C48H66N10O6. The summed E-state index contributed by atoms with van der Waals surface area (Å²) in [5.41, 5.74) is 30.5. The number of benzene rings is 4. The lowest BCUT2D eigenvalue weighted by Crippen LogP contribution is -2.46. The average molecular weight is 879 g/mol. The van der Waals surface area contributed by atoms with Gasteiger partial charge in [-0.1, -0.05) is 97.1 Å². The monoisotopic (exact) mass is 879 g/mol. The van der Waals surface area contributed by atoms with Crippen molar-refractivity contribution in [1.82, 2.24) is 21.3 Å². The van der Waals surface area contributed by atoms with Gasteiger partial charge in [0, 0.05) is 46.1 Å². The summed E-state index contributed by atoms with van der Waals surface area (Å²) in [5.74, 6) is 0.767. The molecule has 4 aromatic carbocycles. The second-order valence-corrected chi connectivity index (χ2v) is 14.8. The van der Waals surface area contributed by atoms with Gasteiger partial charge in [0.05, 0.1) is 17.7 Å². The maximum absolute atomic E-state index is 12.4. The second kappa shape index (κ2) is 27.3. The molecule has 2 aliphatic rings. The third-order valence-electron chi connectivity index (χ3n) is 10.4. The first kappa shape index (κ1) is 51.6. The predicted octanol–water partition coefficient (Wildman–Crippen LogP) is 4.74. The Labute approximate surface area is 377 Å². The molecule has 4 amide bonds. The van der Waals surface area contributed by atoms with Crippen LogP contribution in [-0.2, 0) is 19.1 Å². The average Bonchev–Trinajstić information content (AvgIpc) is 3.82. The Morgan fingerprint density at radius 3 is 1.28 bits per heavy atom. The summed E-state index contributed by atoms with van der Waals surface area (Å²) in [6, 6.07) is 31.8. The van der Waals surface area contributed by atoms with Crippen LogP contribution in [0, 0.1) is 0 Å². The van der Waals surface area contributed by atoms with E-state index in [-0.39, 0.29) is 36.4 Å². The van der Waals surface area contributed by atoms with E-state index in [2.05, 4.69) is 85.5 Å². The highest BCUT2D eigenvalue weighted by Crippen LogP contribution is 2.45. The van der Waals surface area contributed by atoms with Crippen LogP contribution in [0.2, 0.25) is 0 Å². The number of nitrogens with zero attached hydrogens (tertiary/aromatic N) is 2. The van der Waals surface area contributed by atoms with Crippen molar-refractivity contribution in [3.05, 3.63) is 119 Å². The minimum absolute atomic E-state index is 0.0246. The molecule has 16 nitrogen and oxygen atoms in total. The summed E-state index contributed by atoms with van der Waals surface area (Å²) in [4.78, 5) is 54.9. The van der Waals surface area contributed by atoms with Gasteiger partial charge >= 0.3 is 12.2 Å². The number of carbonyl (C=O) groups is 4. The molecule has 0 bridgehead atoms. The van der Waals surface area contributed by atoms with Crippen LogP contribution in [-0.4, -0.2) is 102 Å². The molecule has 6 rings (SSSR count). The Morgan fingerprint density at radius 1 is 0.562 bits per heavy atom. The maximum atomic E-state index is 12.4. The zero-order chi connectivity index (χ0) is 47.0. The van der Waals surface area contributed by atoms with E-state index >= 15 is 0 Å². The van der Waals surface area contributed by atoms with Crippen LogP contribution in [0.4, 0.5) is 9.59 Å². The van der Waals surface area contributed by atoms with Crippen molar-refractivity contribution in [3.8, 4) is 22.3 Å². The first-order valence-electron chi connectivity index (χ1n) is 21.3. The van der Waals surface area contributed by atoms with Gasteiger partial charge in [0.25, 0.3) is 0 Å². The number of amidine groups is 2. The molecule has 0 heterocycles. The van der Waals surface area contributed by atoms with Gasteiger partial charge in [0.2, 0.25) is 11.8 Å². The van der Waals surface area contributed by atoms with E-state index in [1.807, 2.05) is 48.5 Å². The van der Waals surface area contributed by atoms with Crippen molar-refractivity contribution in [1.29, 1.82) is 0 Å². The number of hydrogen-bond donors (Lipinski definition) is 8. The minimum atomic E-state index is -0.682. The van der Waals surface area contributed by atoms with Gasteiger partial charge in [-0.25, -0.2) is 9.59 Å². The van der Waals surface area contributed by atoms with Crippen LogP contribution in [0.15, 0.2) is 107 Å². The van der Waals surface area contributed by atoms with Gasteiger partial charge < -0.3 is 53.7 Å². The van der Waals surface area contributed by atoms with Crippen molar-refractivity contribution in [2.45, 2.75) is 63.5 Å². The molecule has 0 saturated carbocycles. The van der Waals surface area contributed by atoms with Crippen molar-refractivity contribution < 1.29 is 28.7 Å². The fraction of sp³-hybridized carbons (Fsp3) is 0.375. The highest BCUT2D eigenvalue weighted by atomic mass is 16.6. The van der Waals surface area contributed by atoms with E-state index in [4.69, 9.17) is 26.7 Å². The summed E-state index contributed by atoms with van der Waals surface area (Å²) in [6.07, 6.45) is 1.49. The summed E-state index contributed by atoms with van der Waals surface area (Å²) >= 11 is 0. The van der Waals surface area contributed by atoms with E-state index in [0.29, 0.717) is 50.6 Å². The molecule has 4 aromatic rings. The lowest BCUT2D eigenvalue weighted by Gasteiger charge is -2.19. The Morgan fingerprint density at radius 2 is 0.922 bits per heavy atom. The number of likely N-dealkylation sites (N-methyl/N-ethyl adjacent to an activating group) is 2. The van der Waals surface area contributed by atoms with E-state index in [0.717, 1.165) is 17.5 Å². The van der Waals surface area contributed by atoms with Crippen LogP contribution >= 0.6 is 0 Å². The van der Waals surface area contributed by atoms with Gasteiger partial charge in [-0.3, -0.25) is 19.6 Å². The highest BCUT2D eigenvalue weighted by molar-refractivity contribution is 5.86. The van der Waals surface area contributed by atoms with E-state index in [1.54, 1.807) is 27.9 Å². The molecule has 0 spiro atoms. The Hall–Kier alpha value is -6.78. The molecule has 64 heavy (non-hydrogen) atoms. The first-order chi connectivity index (χ1) is 30.9. The third-order valence-corrected chi connectivity index (χ3v) is 10.4. The molecule has 0 saturated heterocycles. The number of nitrogens with one attached hydrogen (secondary N) is 4. The predicted molar refractivity (Wildman–Crippen MR) is 255 cm³/mol. The molecule has 2 aliphatic carbocycles. The minimum Gasteiger partial charge on any atom is -0.449 e. The highest BCUT2D eigenvalue weighted by Gasteiger charge is 2.30. The van der Waals surface area contributed by atoms with Gasteiger partial charge in [-0.15, -0.1) is 0 Å². The Bertz CT molecular complexity index is 2100. The number of nitrogens with two attached hydrogens (primary N) is 4. The molecule has 0 aliphatic heterocycles. The number of carbonyl (C=O) groups excluding carboxylic acids is 4. The van der Waals surface area contributed by atoms with Gasteiger partial charge in [-0.05, 0) is 91.1 Å². The third kappa shape index (κ3) is 15.2. The number of rotatable bonds is 15. The smallest absolute Gasteiger partial charge is 0.407 e. The molecule has 0 fully saturated rings. The van der Waals surface area contributed by atoms with Gasteiger partial charge in [-0.2, -0.15) is 0 Å². The summed E-state index contributed by atoms with van der Waals surface area (Å²) in [5, 5.41) is 10.2. The molecule has 344 valence electrons. The number of amides is 4. The summed E-state index contributed by atoms with van der Waals surface area (Å²) < 4.78 is 10.8. The Kier molecular flexibility index (Phi) is 22.0. The normalized spacial score (nSPS) is 13.2. The largest absolute Gasteiger partial charge is 0.449 e. The molecule has 12 N–H and O–H groups in total. The van der Waals surface area contributed by atoms with E-state index in [9.17, 15) is 19.2 Å². The zero-order valence-electron chi connectivity index (χ0n) is 37.9. The van der Waals surface area contributed by atoms with Crippen LogP contribution in [0.1, 0.15) is 73.6 Å². The van der Waals surface area contributed by atoms with Crippen LogP contribution in [0.3, 0.4) is 0 Å². The van der Waals surface area contributed by atoms with Crippen LogP contribution in [0.25, 0.3) is 22.3 Å². The molecule has 2 unspecified atom stereocenters. The molecule has 16 heteroatoms. The first-order valence-corrected chi connectivity index (χ1v) is 21.3. The molecule has 0 radical (unpaired) electrons. The van der Waals surface area contributed by atoms with Crippen molar-refractivity contribution in [3.63, 3.8) is 0 Å². The number of ether oxygens (including phenoxy) is 2. The topological polar surface area (TPSA) is 264 Å². The van der Waals surface area contributed by atoms with E-state index in [1.165, 1.54) is 47.5 Å². The molecule has 0 aromatic heterocycles. The number of alkyl carbamates (subject to hydrolysis) is 2. The molecule has 2 atom stereocenters. The van der Waals surface area contributed by atoms with Crippen molar-refractivity contribution in [2.75, 3.05) is 54.5 Å². The number of hydrogen-bond acceptors (Lipinski definition) is 10. The zero-order valence-corrected chi connectivity index (χ0v) is 37.9. The number of fused-ring (bicyclic) bond motifs is 6. The van der Waals surface area contributed by atoms with E-state index < -0.39 is 18.2 Å². The summed E-state index contributed by atoms with van der Waals surface area (Å²) in [6.45, 7) is 5.16. The number of aliphatic imine (C=N–C) groups is 2. The lowest BCUT2D eigenvalue weighted by molar-refractivity contribution is -0.123. The standard InChI is InChI=1S/C23H28N4O3.C16H15NO2.C8H18N4O.CH5N/c1-15(24)26-13-7-12-21(22(28)25-2)27-23(29)30-14-20-18-10-5-3-8-16(18)17-9-4-6-11-19(17)20;1-17-16(18)19-10-15-13-8-4-2-6-11(13)12-7-3-5-9-14(12)15;1-6(9)12-5-3-4-7(10)8(13)11-2;1-2/h3-6,8-11,20-21H,7,12-14H2,1-2H3,(H2,24,26)(H,25,28)(H,27,29);2-9,15H,10H2,1H3,(H,17,18);7H,3-5,10H2,1-2H3,(H2,9,12)(H,11,13);2H2,1H3. The van der Waals surface area contributed by atoms with Crippen LogP contribution < -0.4 is 44.2 Å². The van der Waals surface area contributed by atoms with Crippen LogP contribution in [0.5, 0.6) is 0 Å². The Balaban J connectivity index is 0.000000274. The lowest BCUT2D eigenvalue weighted by atomic mass is 9.98. The second-order valence-electron chi connectivity index (χ2n) is 14.8. The molecular weight excluding hydrogens is 813 g/mol. The van der Waals surface area contributed by atoms with Crippen molar-refractivity contribution >= 4 is 35.7 Å². The van der Waals surface area contributed by atoms with Gasteiger partial charge in [0.15, 0.2) is 0 Å². The summed E-state index contributed by atoms with van der Waals surface area (Å²) in [7, 11) is 6.18. The fourth-order valence-corrected chi connectivity index (χ4v) is 7.33. The SMILES string of the molecule is CN.CNC(=O)C(CCCN=C(C)N)NC(=O)OCC1c2ccccc2-c2ccccc21.CNC(=O)C(N)CCCN=C(C)N.CNC(=O)OCC1c2ccccc2-c2ccccc21. The quantitative estimate of drug-likeness (QED) is 0.0462. The maximum Gasteiger partial charge on any atom is 0.407 e.